The molecule has 0 saturated carbocycles. The molecule has 0 unspecified atom stereocenters. The minimum atomic E-state index is -0.538. The van der Waals surface area contributed by atoms with Gasteiger partial charge in [0.2, 0.25) is 12.1 Å². The third-order valence-electron chi connectivity index (χ3n) is 5.99. The Labute approximate surface area is 188 Å². The first-order valence-corrected chi connectivity index (χ1v) is 10.8. The summed E-state index contributed by atoms with van der Waals surface area (Å²) >= 11 is 6.06. The Morgan fingerprint density at radius 2 is 1.81 bits per heavy atom. The lowest BCUT2D eigenvalue weighted by atomic mass is 9.84. The maximum absolute atomic E-state index is 6.47. The molecule has 1 aromatic carbocycles. The Balaban J connectivity index is 2.15. The van der Waals surface area contributed by atoms with E-state index in [0.29, 0.717) is 10.8 Å². The van der Waals surface area contributed by atoms with Crippen molar-refractivity contribution in [2.24, 2.45) is 5.41 Å². The number of tetrazole rings is 1. The summed E-state index contributed by atoms with van der Waals surface area (Å²) in [6.07, 6.45) is 3.49. The largest absolute Gasteiger partial charge is 0.466 e. The summed E-state index contributed by atoms with van der Waals surface area (Å²) in [7, 11) is 4.24. The van der Waals surface area contributed by atoms with Gasteiger partial charge in [0.25, 0.3) is 0 Å². The number of hydrogen-bond donors (Lipinski definition) is 1. The molecule has 9 nitrogen and oxygen atoms in total. The van der Waals surface area contributed by atoms with Gasteiger partial charge in [0.1, 0.15) is 24.4 Å². The first-order chi connectivity index (χ1) is 14.6. The Kier molecular flexibility index (Phi) is 6.66. The fraction of sp³-hybridized carbons (Fsp3) is 0.571. The Bertz CT molecular complexity index is 964. The van der Waals surface area contributed by atoms with Crippen molar-refractivity contribution >= 4 is 11.6 Å². The quantitative estimate of drug-likeness (QED) is 0.571. The van der Waals surface area contributed by atoms with Crippen LogP contribution in [-0.2, 0) is 5.54 Å². The van der Waals surface area contributed by atoms with Gasteiger partial charge in [-0.3, -0.25) is 0 Å². The second kappa shape index (κ2) is 8.92. The molecule has 3 rings (SSSR count). The number of halogens is 1. The Morgan fingerprint density at radius 1 is 1.13 bits per heavy atom. The van der Waals surface area contributed by atoms with E-state index in [0.717, 1.165) is 12.2 Å². The fourth-order valence-corrected chi connectivity index (χ4v) is 3.79. The van der Waals surface area contributed by atoms with Gasteiger partial charge in [0, 0.05) is 11.4 Å². The molecular formula is C21H32ClN8O+. The van der Waals surface area contributed by atoms with Gasteiger partial charge in [-0.15, -0.1) is 5.10 Å². The smallest absolute Gasteiger partial charge is 0.215 e. The average Bonchev–Trinajstić information content (AvgIpc) is 3.39. The zero-order chi connectivity index (χ0) is 22.8. The predicted molar refractivity (Wildman–Crippen MR) is 118 cm³/mol. The standard InChI is InChI=1S/C21H31ClN8O/c1-8-21(5,28(6)7)19-25-26-27-30(19)17(20(2,3)4)18(29-14-23-13-24-29)31-16-11-9-15(22)10-12-16/h9-14,17-18H,8H2,1-7H3/p+1/t17-,18-,21-/m0/s1. The number of hydrogen-bond acceptors (Lipinski definition) is 6. The van der Waals surface area contributed by atoms with Crippen molar-refractivity contribution in [1.82, 2.24) is 35.0 Å². The van der Waals surface area contributed by atoms with Crippen molar-refractivity contribution in [2.75, 3.05) is 14.1 Å². The lowest BCUT2D eigenvalue weighted by molar-refractivity contribution is -0.923. The number of nitrogens with one attached hydrogen (secondary N) is 1. The maximum atomic E-state index is 6.47. The van der Waals surface area contributed by atoms with Crippen LogP contribution in [0.5, 0.6) is 5.75 Å². The van der Waals surface area contributed by atoms with E-state index in [9.17, 15) is 0 Å². The van der Waals surface area contributed by atoms with Crippen LogP contribution in [-0.4, -0.2) is 49.1 Å². The number of benzene rings is 1. The average molecular weight is 448 g/mol. The SMILES string of the molecule is CC[C@@](C)(c1nnnn1[C@@H]([C@H](Oc1ccc(Cl)cc1)n1cncn1)C(C)(C)C)[NH+](C)C. The van der Waals surface area contributed by atoms with Crippen molar-refractivity contribution in [2.45, 2.75) is 58.8 Å². The molecule has 0 spiro atoms. The molecule has 0 aliphatic heterocycles. The monoisotopic (exact) mass is 447 g/mol. The van der Waals surface area contributed by atoms with Crippen molar-refractivity contribution < 1.29 is 9.64 Å². The van der Waals surface area contributed by atoms with Gasteiger partial charge in [0.05, 0.1) is 14.1 Å². The van der Waals surface area contributed by atoms with E-state index in [1.54, 1.807) is 23.1 Å². The number of nitrogens with zero attached hydrogens (tertiary/aromatic N) is 7. The highest BCUT2D eigenvalue weighted by Gasteiger charge is 2.45. The summed E-state index contributed by atoms with van der Waals surface area (Å²) in [4.78, 5) is 5.39. The molecule has 2 aromatic heterocycles. The summed E-state index contributed by atoms with van der Waals surface area (Å²) in [5.41, 5.74) is -0.552. The van der Waals surface area contributed by atoms with Gasteiger partial charge >= 0.3 is 0 Å². The van der Waals surface area contributed by atoms with E-state index in [-0.39, 0.29) is 17.0 Å². The topological polar surface area (TPSA) is 88.0 Å². The maximum Gasteiger partial charge on any atom is 0.215 e. The molecule has 0 fully saturated rings. The van der Waals surface area contributed by atoms with Crippen LogP contribution < -0.4 is 9.64 Å². The molecule has 0 aliphatic rings. The van der Waals surface area contributed by atoms with Gasteiger partial charge in [-0.1, -0.05) is 39.3 Å². The normalized spacial score (nSPS) is 16.2. The summed E-state index contributed by atoms with van der Waals surface area (Å²) in [5.74, 6) is 1.48. The number of aromatic nitrogens is 7. The molecule has 0 bridgehead atoms. The molecule has 3 atom stereocenters. The van der Waals surface area contributed by atoms with Gasteiger partial charge in [-0.25, -0.2) is 14.3 Å². The van der Waals surface area contributed by atoms with Crippen molar-refractivity contribution in [3.05, 3.63) is 47.8 Å². The molecule has 0 amide bonds. The van der Waals surface area contributed by atoms with Gasteiger partial charge in [0.15, 0.2) is 5.54 Å². The summed E-state index contributed by atoms with van der Waals surface area (Å²) in [6, 6.07) is 7.00. The molecule has 0 aliphatic carbocycles. The van der Waals surface area contributed by atoms with Crippen LogP contribution in [0, 0.1) is 5.41 Å². The number of ether oxygens (including phenoxy) is 1. The predicted octanol–water partition coefficient (Wildman–Crippen LogP) is 2.55. The minimum Gasteiger partial charge on any atom is -0.466 e. The highest BCUT2D eigenvalue weighted by molar-refractivity contribution is 6.30. The van der Waals surface area contributed by atoms with Crippen LogP contribution in [0.3, 0.4) is 0 Å². The van der Waals surface area contributed by atoms with Crippen LogP contribution in [0.15, 0.2) is 36.9 Å². The summed E-state index contributed by atoms with van der Waals surface area (Å²) in [6.45, 7) is 10.8. The summed E-state index contributed by atoms with van der Waals surface area (Å²) in [5, 5.41) is 18.0. The van der Waals surface area contributed by atoms with Crippen LogP contribution in [0.2, 0.25) is 5.02 Å². The van der Waals surface area contributed by atoms with Crippen molar-refractivity contribution in [1.29, 1.82) is 0 Å². The first kappa shape index (κ1) is 23.1. The van der Waals surface area contributed by atoms with E-state index >= 15 is 0 Å². The highest BCUT2D eigenvalue weighted by Crippen LogP contribution is 2.41. The zero-order valence-corrected chi connectivity index (χ0v) is 20.0. The van der Waals surface area contributed by atoms with Gasteiger partial charge in [-0.2, -0.15) is 5.10 Å². The van der Waals surface area contributed by atoms with Gasteiger partial charge in [-0.05, 0) is 47.0 Å². The summed E-state index contributed by atoms with van der Waals surface area (Å²) < 4.78 is 10.1. The fourth-order valence-electron chi connectivity index (χ4n) is 3.66. The second-order valence-corrected chi connectivity index (χ2v) is 9.72. The van der Waals surface area contributed by atoms with Crippen LogP contribution in [0.1, 0.15) is 59.1 Å². The number of quaternary nitrogens is 1. The molecule has 0 radical (unpaired) electrons. The lowest BCUT2D eigenvalue weighted by Crippen LogP contribution is -3.13. The first-order valence-electron chi connectivity index (χ1n) is 10.4. The van der Waals surface area contributed by atoms with Crippen LogP contribution in [0.25, 0.3) is 0 Å². The third-order valence-corrected chi connectivity index (χ3v) is 6.24. The van der Waals surface area contributed by atoms with Gasteiger partial charge < -0.3 is 9.64 Å². The highest BCUT2D eigenvalue weighted by atomic mass is 35.5. The van der Waals surface area contributed by atoms with E-state index in [1.807, 2.05) is 16.8 Å². The van der Waals surface area contributed by atoms with Crippen molar-refractivity contribution in [3.8, 4) is 5.75 Å². The molecule has 168 valence electrons. The van der Waals surface area contributed by atoms with E-state index in [2.05, 4.69) is 74.3 Å². The van der Waals surface area contributed by atoms with E-state index < -0.39 is 6.23 Å². The molecular weight excluding hydrogens is 416 g/mol. The molecule has 2 heterocycles. The molecule has 3 aromatic rings. The Morgan fingerprint density at radius 3 is 2.32 bits per heavy atom. The van der Waals surface area contributed by atoms with Crippen LogP contribution >= 0.6 is 11.6 Å². The molecule has 10 heteroatoms. The van der Waals surface area contributed by atoms with Crippen LogP contribution in [0.4, 0.5) is 0 Å². The second-order valence-electron chi connectivity index (χ2n) is 9.28. The third kappa shape index (κ3) is 4.72. The van der Waals surface area contributed by atoms with E-state index in [4.69, 9.17) is 16.3 Å². The molecule has 31 heavy (non-hydrogen) atoms. The van der Waals surface area contributed by atoms with E-state index in [1.165, 1.54) is 11.2 Å². The molecule has 1 N–H and O–H groups in total. The minimum absolute atomic E-state index is 0.274. The number of rotatable bonds is 8. The lowest BCUT2D eigenvalue weighted by Gasteiger charge is -2.39. The van der Waals surface area contributed by atoms with Crippen molar-refractivity contribution in [3.63, 3.8) is 0 Å². The Hall–Kier alpha value is -2.52. The molecule has 0 saturated heterocycles. The zero-order valence-electron chi connectivity index (χ0n) is 19.2.